The van der Waals surface area contributed by atoms with E-state index in [-0.39, 0.29) is 24.4 Å². The van der Waals surface area contributed by atoms with Gasteiger partial charge in [-0.2, -0.15) is 0 Å². The van der Waals surface area contributed by atoms with Crippen LogP contribution in [0.2, 0.25) is 0 Å². The van der Waals surface area contributed by atoms with Crippen molar-refractivity contribution in [2.75, 3.05) is 13.1 Å². The van der Waals surface area contributed by atoms with Crippen molar-refractivity contribution < 1.29 is 4.79 Å². The number of aryl methyl sites for hydroxylation is 1. The van der Waals surface area contributed by atoms with Crippen molar-refractivity contribution in [3.8, 4) is 0 Å². The van der Waals surface area contributed by atoms with Crippen molar-refractivity contribution in [1.29, 1.82) is 0 Å². The van der Waals surface area contributed by atoms with Gasteiger partial charge in [-0.25, -0.2) is 0 Å². The third-order valence-corrected chi connectivity index (χ3v) is 5.32. The number of nitrogens with one attached hydrogen (secondary N) is 2. The molecule has 112 valence electrons. The molecule has 0 aromatic carbocycles. The molecule has 5 heteroatoms. The molecule has 1 aromatic rings. The zero-order valence-corrected chi connectivity index (χ0v) is 13.3. The summed E-state index contributed by atoms with van der Waals surface area (Å²) in [6, 6.07) is 2.46. The molecule has 2 N–H and O–H groups in total. The third-order valence-electron chi connectivity index (χ3n) is 4.32. The average molecular weight is 315 g/mol. The molecule has 3 nitrogen and oxygen atoms in total. The predicted molar refractivity (Wildman–Crippen MR) is 85.6 cm³/mol. The smallest absolute Gasteiger partial charge is 0.220 e. The Hall–Kier alpha value is -0.580. The Bertz CT molecular complexity index is 443. The molecule has 2 heterocycles. The van der Waals surface area contributed by atoms with Gasteiger partial charge in [0, 0.05) is 11.3 Å². The molecule has 1 amide bonds. The normalized spacial score (nSPS) is 22.7. The van der Waals surface area contributed by atoms with E-state index in [0.29, 0.717) is 12.3 Å². The maximum Gasteiger partial charge on any atom is 0.220 e. The molecule has 1 atom stereocenters. The second-order valence-electron chi connectivity index (χ2n) is 5.71. The Morgan fingerprint density at radius 3 is 2.95 bits per heavy atom. The van der Waals surface area contributed by atoms with Gasteiger partial charge in [-0.1, -0.05) is 0 Å². The number of piperidine rings is 1. The minimum atomic E-state index is 0. The van der Waals surface area contributed by atoms with Crippen LogP contribution in [0.5, 0.6) is 0 Å². The Morgan fingerprint density at radius 2 is 2.15 bits per heavy atom. The molecule has 0 spiro atoms. The summed E-state index contributed by atoms with van der Waals surface area (Å²) in [7, 11) is 0. The second-order valence-corrected chi connectivity index (χ2v) is 6.71. The van der Waals surface area contributed by atoms with Crippen LogP contribution in [0, 0.1) is 5.92 Å². The van der Waals surface area contributed by atoms with E-state index < -0.39 is 0 Å². The first-order valence-electron chi connectivity index (χ1n) is 7.39. The van der Waals surface area contributed by atoms with E-state index in [0.717, 1.165) is 32.4 Å². The minimum absolute atomic E-state index is 0. The Kier molecular flexibility index (Phi) is 5.87. The first-order chi connectivity index (χ1) is 9.33. The molecule has 0 bridgehead atoms. The van der Waals surface area contributed by atoms with Crippen LogP contribution >= 0.6 is 23.7 Å². The van der Waals surface area contributed by atoms with E-state index in [1.165, 1.54) is 23.3 Å². The van der Waals surface area contributed by atoms with Crippen molar-refractivity contribution in [3.63, 3.8) is 0 Å². The summed E-state index contributed by atoms with van der Waals surface area (Å²) in [6.45, 7) is 2.13. The largest absolute Gasteiger partial charge is 0.349 e. The van der Waals surface area contributed by atoms with Gasteiger partial charge >= 0.3 is 0 Å². The fraction of sp³-hybridized carbons (Fsp3) is 0.667. The lowest BCUT2D eigenvalue weighted by Gasteiger charge is -2.26. The van der Waals surface area contributed by atoms with Gasteiger partial charge < -0.3 is 10.6 Å². The van der Waals surface area contributed by atoms with Crippen LogP contribution in [0.25, 0.3) is 0 Å². The van der Waals surface area contributed by atoms with E-state index in [9.17, 15) is 4.79 Å². The van der Waals surface area contributed by atoms with Gasteiger partial charge in [0.15, 0.2) is 0 Å². The summed E-state index contributed by atoms with van der Waals surface area (Å²) in [5.41, 5.74) is 1.37. The van der Waals surface area contributed by atoms with E-state index >= 15 is 0 Å². The topological polar surface area (TPSA) is 41.1 Å². The lowest BCUT2D eigenvalue weighted by atomic mass is 9.92. The van der Waals surface area contributed by atoms with E-state index in [1.807, 2.05) is 11.3 Å². The van der Waals surface area contributed by atoms with Crippen LogP contribution in [0.1, 0.15) is 48.6 Å². The average Bonchev–Trinajstić information content (AvgIpc) is 2.89. The molecule has 1 aromatic heterocycles. The zero-order chi connectivity index (χ0) is 13.1. The lowest BCUT2D eigenvalue weighted by Crippen LogP contribution is -2.34. The van der Waals surface area contributed by atoms with Gasteiger partial charge in [-0.05, 0) is 68.1 Å². The van der Waals surface area contributed by atoms with Crippen LogP contribution < -0.4 is 10.6 Å². The quantitative estimate of drug-likeness (QED) is 0.900. The Morgan fingerprint density at radius 1 is 1.35 bits per heavy atom. The molecule has 1 aliphatic carbocycles. The molecule has 3 rings (SSSR count). The van der Waals surface area contributed by atoms with Crippen LogP contribution in [0.3, 0.4) is 0 Å². The van der Waals surface area contributed by atoms with Crippen molar-refractivity contribution in [3.05, 3.63) is 21.9 Å². The number of carbonyl (C=O) groups excluding carboxylic acids is 1. The number of carbonyl (C=O) groups is 1. The van der Waals surface area contributed by atoms with Gasteiger partial charge in [-0.3, -0.25) is 4.79 Å². The molecule has 1 unspecified atom stereocenters. The van der Waals surface area contributed by atoms with E-state index in [2.05, 4.69) is 22.1 Å². The maximum absolute atomic E-state index is 12.2. The first kappa shape index (κ1) is 15.8. The molecule has 2 aliphatic rings. The SMILES string of the molecule is Cl.O=C(CC1CCNCC1)NC1CCCc2sccc21. The molecule has 1 saturated heterocycles. The Labute approximate surface area is 130 Å². The summed E-state index contributed by atoms with van der Waals surface area (Å²) in [5, 5.41) is 8.76. The first-order valence-corrected chi connectivity index (χ1v) is 8.27. The maximum atomic E-state index is 12.2. The lowest BCUT2D eigenvalue weighted by molar-refractivity contribution is -0.123. The summed E-state index contributed by atoms with van der Waals surface area (Å²) in [4.78, 5) is 13.7. The van der Waals surface area contributed by atoms with Crippen LogP contribution in [0.4, 0.5) is 0 Å². The summed E-state index contributed by atoms with van der Waals surface area (Å²) in [6.07, 6.45) is 6.47. The molecular formula is C15H23ClN2OS. The fourth-order valence-electron chi connectivity index (χ4n) is 3.24. The molecular weight excluding hydrogens is 292 g/mol. The minimum Gasteiger partial charge on any atom is -0.349 e. The molecule has 1 fully saturated rings. The molecule has 0 saturated carbocycles. The number of fused-ring (bicyclic) bond motifs is 1. The number of hydrogen-bond donors (Lipinski definition) is 2. The molecule has 20 heavy (non-hydrogen) atoms. The van der Waals surface area contributed by atoms with Crippen LogP contribution in [0.15, 0.2) is 11.4 Å². The van der Waals surface area contributed by atoms with Crippen molar-refractivity contribution in [2.45, 2.75) is 44.6 Å². The second kappa shape index (κ2) is 7.43. The van der Waals surface area contributed by atoms with E-state index in [1.54, 1.807) is 0 Å². The molecule has 0 radical (unpaired) electrons. The van der Waals surface area contributed by atoms with Gasteiger partial charge in [0.05, 0.1) is 6.04 Å². The number of rotatable bonds is 3. The highest BCUT2D eigenvalue weighted by Gasteiger charge is 2.24. The summed E-state index contributed by atoms with van der Waals surface area (Å²) in [5.74, 6) is 0.822. The van der Waals surface area contributed by atoms with Crippen molar-refractivity contribution >= 4 is 29.7 Å². The highest BCUT2D eigenvalue weighted by molar-refractivity contribution is 7.10. The number of amides is 1. The van der Waals surface area contributed by atoms with Gasteiger partial charge in [0.2, 0.25) is 5.91 Å². The summed E-state index contributed by atoms with van der Waals surface area (Å²) >= 11 is 1.83. The fourth-order valence-corrected chi connectivity index (χ4v) is 4.23. The van der Waals surface area contributed by atoms with Gasteiger partial charge in [0.1, 0.15) is 0 Å². The Balaban J connectivity index is 0.00000147. The van der Waals surface area contributed by atoms with Crippen LogP contribution in [-0.4, -0.2) is 19.0 Å². The van der Waals surface area contributed by atoms with E-state index in [4.69, 9.17) is 0 Å². The zero-order valence-electron chi connectivity index (χ0n) is 11.7. The number of halogens is 1. The van der Waals surface area contributed by atoms with Gasteiger partial charge in [0.25, 0.3) is 0 Å². The number of thiophene rings is 1. The third kappa shape index (κ3) is 3.74. The summed E-state index contributed by atoms with van der Waals surface area (Å²) < 4.78 is 0. The number of hydrogen-bond acceptors (Lipinski definition) is 3. The molecule has 1 aliphatic heterocycles. The van der Waals surface area contributed by atoms with Crippen LogP contribution in [-0.2, 0) is 11.2 Å². The standard InChI is InChI=1S/C15H22N2OS.ClH/c18-15(10-11-4-7-16-8-5-11)17-13-2-1-3-14-12(13)6-9-19-14;/h6,9,11,13,16H,1-5,7-8,10H2,(H,17,18);1H. The van der Waals surface area contributed by atoms with Crippen molar-refractivity contribution in [1.82, 2.24) is 10.6 Å². The van der Waals surface area contributed by atoms with Gasteiger partial charge in [-0.15, -0.1) is 23.7 Å². The van der Waals surface area contributed by atoms with Crippen molar-refractivity contribution in [2.24, 2.45) is 5.92 Å². The highest BCUT2D eigenvalue weighted by Crippen LogP contribution is 2.33. The predicted octanol–water partition coefficient (Wildman–Crippen LogP) is 3.05. The highest BCUT2D eigenvalue weighted by atomic mass is 35.5. The monoisotopic (exact) mass is 314 g/mol.